The second kappa shape index (κ2) is 14.3. The zero-order valence-electron chi connectivity index (χ0n) is 37.2. The van der Waals surface area contributed by atoms with E-state index in [-0.39, 0.29) is 0 Å². The number of furan rings is 2. The molecule has 0 saturated carbocycles. The number of fused-ring (bicyclic) bond motifs is 16. The Bertz CT molecular complexity index is 4840. The van der Waals surface area contributed by atoms with Crippen molar-refractivity contribution in [3.8, 4) is 39.7 Å². The van der Waals surface area contributed by atoms with E-state index in [2.05, 4.69) is 178 Å². The molecule has 0 spiro atoms. The number of rotatable bonds is 4. The van der Waals surface area contributed by atoms with Gasteiger partial charge in [0.05, 0.1) is 39.9 Å². The van der Waals surface area contributed by atoms with Crippen LogP contribution in [0, 0.1) is 17.9 Å². The first-order valence-electron chi connectivity index (χ1n) is 23.3. The van der Waals surface area contributed by atoms with E-state index in [1.807, 2.05) is 48.5 Å². The zero-order valence-corrected chi connectivity index (χ0v) is 37.2. The summed E-state index contributed by atoms with van der Waals surface area (Å²) in [6.07, 6.45) is 0. The largest absolute Gasteiger partial charge is 0.456 e. The standard InChI is InChI=1S/C64H34N4O2/c1-66-53-35-44(67-54-24-20-39(33-51(54)62-45-12-4-2-10-37(45)18-26-56(62)67)41-22-28-60-49(31-41)47-14-6-8-16-58(47)69-60)30-43(36-65)64(53)68-55-25-21-40(34-52(55)63-46-13-5-3-11-38(46)19-27-57(63)68)42-23-29-61-50(32-42)48-15-7-9-17-59(48)70-61/h2-35H. The number of para-hydroxylation sites is 2. The van der Waals surface area contributed by atoms with Crippen LogP contribution in [0.25, 0.3) is 148 Å². The van der Waals surface area contributed by atoms with Gasteiger partial charge in [0, 0.05) is 48.8 Å². The molecule has 0 radical (unpaired) electrons. The molecule has 0 aliphatic heterocycles. The molecular formula is C64H34N4O2. The Kier molecular flexibility index (Phi) is 7.82. The van der Waals surface area contributed by atoms with Crippen molar-refractivity contribution in [2.24, 2.45) is 0 Å². The summed E-state index contributed by atoms with van der Waals surface area (Å²) < 4.78 is 16.7. The van der Waals surface area contributed by atoms with Crippen molar-refractivity contribution in [2.45, 2.75) is 0 Å². The van der Waals surface area contributed by atoms with Crippen LogP contribution in [-0.2, 0) is 0 Å². The molecule has 0 bridgehead atoms. The van der Waals surface area contributed by atoms with Gasteiger partial charge in [-0.05, 0) is 129 Å². The molecule has 4 heterocycles. The lowest BCUT2D eigenvalue weighted by molar-refractivity contribution is 0.668. The fraction of sp³-hybridized carbons (Fsp3) is 0. The van der Waals surface area contributed by atoms with E-state index in [1.54, 1.807) is 0 Å². The number of benzene rings is 11. The first-order chi connectivity index (χ1) is 34.6. The van der Waals surface area contributed by atoms with Crippen molar-refractivity contribution in [1.29, 1.82) is 5.26 Å². The van der Waals surface area contributed by atoms with Crippen LogP contribution in [0.2, 0.25) is 0 Å². The topological polar surface area (TPSA) is 64.3 Å². The van der Waals surface area contributed by atoms with Crippen molar-refractivity contribution >= 4 is 115 Å². The van der Waals surface area contributed by atoms with Crippen LogP contribution in [0.1, 0.15) is 5.56 Å². The molecule has 11 aromatic carbocycles. The summed E-state index contributed by atoms with van der Waals surface area (Å²) in [5.74, 6) is 0. The summed E-state index contributed by atoms with van der Waals surface area (Å²) in [7, 11) is 0. The Morgan fingerprint density at radius 2 is 0.814 bits per heavy atom. The summed E-state index contributed by atoms with van der Waals surface area (Å²) in [4.78, 5) is 4.25. The Labute approximate surface area is 399 Å². The molecule has 0 fully saturated rings. The van der Waals surface area contributed by atoms with Crippen molar-refractivity contribution < 1.29 is 8.83 Å². The highest BCUT2D eigenvalue weighted by Gasteiger charge is 2.24. The molecule has 322 valence electrons. The minimum atomic E-state index is 0.385. The minimum Gasteiger partial charge on any atom is -0.456 e. The minimum absolute atomic E-state index is 0.385. The van der Waals surface area contributed by atoms with Gasteiger partial charge in [0.1, 0.15) is 28.4 Å². The fourth-order valence-electron chi connectivity index (χ4n) is 11.4. The van der Waals surface area contributed by atoms with E-state index in [0.29, 0.717) is 16.9 Å². The van der Waals surface area contributed by atoms with Gasteiger partial charge in [-0.25, -0.2) is 4.85 Å². The predicted molar refractivity (Wildman–Crippen MR) is 287 cm³/mol. The maximum absolute atomic E-state index is 11.3. The van der Waals surface area contributed by atoms with Crippen molar-refractivity contribution in [3.05, 3.63) is 223 Å². The monoisotopic (exact) mass is 890 g/mol. The van der Waals surface area contributed by atoms with Gasteiger partial charge in [-0.2, -0.15) is 5.26 Å². The van der Waals surface area contributed by atoms with E-state index in [1.165, 1.54) is 0 Å². The summed E-state index contributed by atoms with van der Waals surface area (Å²) in [6, 6.07) is 74.3. The maximum atomic E-state index is 11.3. The smallest absolute Gasteiger partial charge is 0.214 e. The quantitative estimate of drug-likeness (QED) is 0.165. The summed E-state index contributed by atoms with van der Waals surface area (Å²) in [5.41, 5.74) is 13.7. The van der Waals surface area contributed by atoms with Crippen LogP contribution in [0.3, 0.4) is 0 Å². The number of hydrogen-bond acceptors (Lipinski definition) is 3. The average Bonchev–Trinajstić information content (AvgIpc) is 4.17. The Morgan fingerprint density at radius 1 is 0.386 bits per heavy atom. The van der Waals surface area contributed by atoms with Crippen molar-refractivity contribution in [3.63, 3.8) is 0 Å². The molecule has 6 nitrogen and oxygen atoms in total. The third kappa shape index (κ3) is 5.36. The Hall–Kier alpha value is -9.88. The Morgan fingerprint density at radius 3 is 1.34 bits per heavy atom. The summed E-state index contributed by atoms with van der Waals surface area (Å²) in [6.45, 7) is 8.82. The van der Waals surface area contributed by atoms with Gasteiger partial charge in [0.25, 0.3) is 0 Å². The van der Waals surface area contributed by atoms with Gasteiger partial charge in [0.15, 0.2) is 0 Å². The van der Waals surface area contributed by atoms with Gasteiger partial charge < -0.3 is 18.0 Å². The first-order valence-corrected chi connectivity index (χ1v) is 23.3. The third-order valence-corrected chi connectivity index (χ3v) is 14.5. The molecule has 0 N–H and O–H groups in total. The number of nitriles is 1. The molecule has 0 saturated heterocycles. The molecular weight excluding hydrogens is 857 g/mol. The Balaban J connectivity index is 0.951. The second-order valence-corrected chi connectivity index (χ2v) is 18.2. The highest BCUT2D eigenvalue weighted by molar-refractivity contribution is 6.24. The third-order valence-electron chi connectivity index (χ3n) is 14.5. The molecule has 6 heteroatoms. The predicted octanol–water partition coefficient (Wildman–Crippen LogP) is 17.7. The van der Waals surface area contributed by atoms with Gasteiger partial charge in [-0.15, -0.1) is 0 Å². The van der Waals surface area contributed by atoms with Gasteiger partial charge in [-0.3, -0.25) is 0 Å². The molecule has 0 amide bonds. The highest BCUT2D eigenvalue weighted by Crippen LogP contribution is 2.45. The highest BCUT2D eigenvalue weighted by atomic mass is 16.3. The van der Waals surface area contributed by atoms with Gasteiger partial charge >= 0.3 is 0 Å². The van der Waals surface area contributed by atoms with E-state index >= 15 is 0 Å². The molecule has 15 aromatic rings. The molecule has 4 aromatic heterocycles. The van der Waals surface area contributed by atoms with Crippen LogP contribution < -0.4 is 0 Å². The lowest BCUT2D eigenvalue weighted by Gasteiger charge is -2.16. The zero-order chi connectivity index (χ0) is 46.2. The molecule has 70 heavy (non-hydrogen) atoms. The average molecular weight is 891 g/mol. The first kappa shape index (κ1) is 38.2. The number of hydrogen-bond donors (Lipinski definition) is 0. The number of aromatic nitrogens is 2. The van der Waals surface area contributed by atoms with E-state index in [0.717, 1.165) is 137 Å². The fourth-order valence-corrected chi connectivity index (χ4v) is 11.4. The van der Waals surface area contributed by atoms with E-state index < -0.39 is 0 Å². The lowest BCUT2D eigenvalue weighted by Crippen LogP contribution is -2.02. The summed E-state index contributed by atoms with van der Waals surface area (Å²) in [5, 5.41) is 24.4. The van der Waals surface area contributed by atoms with Crippen LogP contribution in [0.15, 0.2) is 215 Å². The molecule has 0 aliphatic rings. The molecule has 0 atom stereocenters. The van der Waals surface area contributed by atoms with Crippen LogP contribution >= 0.6 is 0 Å². The van der Waals surface area contributed by atoms with Crippen molar-refractivity contribution in [1.82, 2.24) is 9.13 Å². The molecule has 0 aliphatic carbocycles. The van der Waals surface area contributed by atoms with E-state index in [4.69, 9.17) is 15.4 Å². The van der Waals surface area contributed by atoms with Crippen molar-refractivity contribution in [2.75, 3.05) is 0 Å². The van der Waals surface area contributed by atoms with E-state index in [9.17, 15) is 5.26 Å². The second-order valence-electron chi connectivity index (χ2n) is 18.2. The molecule has 0 unspecified atom stereocenters. The SMILES string of the molecule is [C-]#[N+]c1cc(-n2c3ccc(-c4ccc5oc6ccccc6c5c4)cc3c3c4ccccc4ccc32)cc(C#N)c1-n1c2ccc(-c3ccc4oc5ccccc5c4c3)cc2c2c3ccccc3ccc21. The summed E-state index contributed by atoms with van der Waals surface area (Å²) >= 11 is 0. The van der Waals surface area contributed by atoms with Crippen LogP contribution in [0.4, 0.5) is 5.69 Å². The van der Waals surface area contributed by atoms with Crippen LogP contribution in [-0.4, -0.2) is 9.13 Å². The van der Waals surface area contributed by atoms with Gasteiger partial charge in [0.2, 0.25) is 5.69 Å². The molecule has 15 rings (SSSR count). The normalized spacial score (nSPS) is 12.0. The number of nitrogens with zero attached hydrogens (tertiary/aromatic N) is 4. The van der Waals surface area contributed by atoms with Crippen LogP contribution in [0.5, 0.6) is 0 Å². The lowest BCUT2D eigenvalue weighted by atomic mass is 9.99. The van der Waals surface area contributed by atoms with Gasteiger partial charge in [-0.1, -0.05) is 121 Å². The maximum Gasteiger partial charge on any atom is 0.214 e.